The number of rotatable bonds is 6. The Kier molecular flexibility index (Phi) is 4.32. The molecule has 0 spiro atoms. The number of tetrazole rings is 1. The maximum atomic E-state index is 12.4. The van der Waals surface area contributed by atoms with Crippen molar-refractivity contribution < 1.29 is 4.79 Å². The molecule has 1 aliphatic rings. The fraction of sp³-hybridized carbons (Fsp3) is 0.250. The number of hydrogen-bond acceptors (Lipinski definition) is 6. The van der Waals surface area contributed by atoms with Crippen LogP contribution in [0.15, 0.2) is 48.5 Å². The number of hydrogen-bond donors (Lipinski definition) is 1. The molecular weight excluding hydrogens is 372 g/mol. The fourth-order valence-corrected chi connectivity index (χ4v) is 4.12. The van der Waals surface area contributed by atoms with Crippen LogP contribution in [0.1, 0.15) is 30.3 Å². The zero-order valence-electron chi connectivity index (χ0n) is 15.1. The van der Waals surface area contributed by atoms with E-state index in [0.29, 0.717) is 18.9 Å². The lowest BCUT2D eigenvalue weighted by atomic mass is 10.2. The van der Waals surface area contributed by atoms with Crippen molar-refractivity contribution >= 4 is 33.1 Å². The zero-order chi connectivity index (χ0) is 18.9. The van der Waals surface area contributed by atoms with Crippen molar-refractivity contribution in [2.75, 3.05) is 5.32 Å². The van der Waals surface area contributed by atoms with Gasteiger partial charge in [0.15, 0.2) is 5.82 Å². The summed E-state index contributed by atoms with van der Waals surface area (Å²) >= 11 is 1.64. The number of nitrogens with one attached hydrogen (secondary N) is 1. The van der Waals surface area contributed by atoms with Gasteiger partial charge >= 0.3 is 0 Å². The second kappa shape index (κ2) is 7.12. The Balaban J connectivity index is 1.25. The van der Waals surface area contributed by atoms with Gasteiger partial charge in [-0.05, 0) is 47.5 Å². The standard InChI is InChI=1S/C20H18N6OS/c27-18(10-11-19-22-16-6-1-2-7-17(16)28-19)21-14-5-3-4-13(12-14)20-23-24-25-26(20)15-8-9-15/h1-7,12,15H,8-11H2,(H,21,27). The van der Waals surface area contributed by atoms with E-state index in [2.05, 4.69) is 31.9 Å². The summed E-state index contributed by atoms with van der Waals surface area (Å²) in [4.78, 5) is 17.0. The van der Waals surface area contributed by atoms with E-state index in [9.17, 15) is 4.79 Å². The summed E-state index contributed by atoms with van der Waals surface area (Å²) in [6.45, 7) is 0. The second-order valence-corrected chi connectivity index (χ2v) is 8.00. The Bertz CT molecular complexity index is 1110. The van der Waals surface area contributed by atoms with E-state index in [1.165, 1.54) is 0 Å². The summed E-state index contributed by atoms with van der Waals surface area (Å²) in [5.41, 5.74) is 2.64. The van der Waals surface area contributed by atoms with Crippen molar-refractivity contribution in [1.82, 2.24) is 25.2 Å². The van der Waals surface area contributed by atoms with Gasteiger partial charge in [0.05, 0.1) is 21.3 Å². The van der Waals surface area contributed by atoms with Crippen molar-refractivity contribution in [3.63, 3.8) is 0 Å². The first kappa shape index (κ1) is 17.0. The Labute approximate surface area is 165 Å². The lowest BCUT2D eigenvalue weighted by Crippen LogP contribution is -2.12. The minimum Gasteiger partial charge on any atom is -0.326 e. The molecule has 0 unspecified atom stereocenters. The number of aryl methyl sites for hydroxylation is 1. The van der Waals surface area contributed by atoms with Crippen LogP contribution in [-0.4, -0.2) is 31.1 Å². The van der Waals surface area contributed by atoms with E-state index in [0.717, 1.165) is 45.1 Å². The van der Waals surface area contributed by atoms with Gasteiger partial charge in [0.1, 0.15) is 0 Å². The minimum absolute atomic E-state index is 0.0295. The molecule has 8 heteroatoms. The predicted molar refractivity (Wildman–Crippen MR) is 108 cm³/mol. The highest BCUT2D eigenvalue weighted by atomic mass is 32.1. The van der Waals surface area contributed by atoms with Crippen LogP contribution >= 0.6 is 11.3 Å². The number of carbonyl (C=O) groups excluding carboxylic acids is 1. The Morgan fingerprint density at radius 1 is 1.18 bits per heavy atom. The number of aromatic nitrogens is 5. The van der Waals surface area contributed by atoms with Gasteiger partial charge in [0.2, 0.25) is 5.91 Å². The maximum Gasteiger partial charge on any atom is 0.224 e. The Morgan fingerprint density at radius 2 is 2.07 bits per heavy atom. The van der Waals surface area contributed by atoms with Crippen LogP contribution < -0.4 is 5.32 Å². The molecule has 2 aromatic heterocycles. The largest absolute Gasteiger partial charge is 0.326 e. The quantitative estimate of drug-likeness (QED) is 0.540. The van der Waals surface area contributed by atoms with Crippen molar-refractivity contribution in [2.24, 2.45) is 0 Å². The molecule has 1 aliphatic carbocycles. The molecule has 0 atom stereocenters. The number of amides is 1. The molecule has 1 N–H and O–H groups in total. The van der Waals surface area contributed by atoms with Gasteiger partial charge in [-0.25, -0.2) is 9.67 Å². The van der Waals surface area contributed by atoms with Crippen LogP contribution in [0.3, 0.4) is 0 Å². The number of para-hydroxylation sites is 1. The van der Waals surface area contributed by atoms with Gasteiger partial charge in [0.25, 0.3) is 0 Å². The van der Waals surface area contributed by atoms with Crippen LogP contribution in [0.25, 0.3) is 21.6 Å². The molecule has 1 amide bonds. The molecule has 4 aromatic rings. The van der Waals surface area contributed by atoms with Crippen molar-refractivity contribution in [2.45, 2.75) is 31.7 Å². The van der Waals surface area contributed by atoms with E-state index in [4.69, 9.17) is 0 Å². The molecular formula is C20H18N6OS. The summed E-state index contributed by atoms with van der Waals surface area (Å²) < 4.78 is 3.02. The summed E-state index contributed by atoms with van der Waals surface area (Å²) in [7, 11) is 0. The zero-order valence-corrected chi connectivity index (χ0v) is 15.9. The SMILES string of the molecule is O=C(CCc1nc2ccccc2s1)Nc1cccc(-c2nnnn2C2CC2)c1. The molecule has 2 aromatic carbocycles. The second-order valence-electron chi connectivity index (χ2n) is 6.88. The molecule has 28 heavy (non-hydrogen) atoms. The first-order valence-electron chi connectivity index (χ1n) is 9.29. The van der Waals surface area contributed by atoms with Gasteiger partial charge in [-0.3, -0.25) is 4.79 Å². The summed E-state index contributed by atoms with van der Waals surface area (Å²) in [5.74, 6) is 0.714. The molecule has 5 rings (SSSR count). The van der Waals surface area contributed by atoms with Crippen molar-refractivity contribution in [3.05, 3.63) is 53.5 Å². The summed E-state index contributed by atoms with van der Waals surface area (Å²) in [6.07, 6.45) is 3.25. The third-order valence-electron chi connectivity index (χ3n) is 4.69. The van der Waals surface area contributed by atoms with Crippen LogP contribution in [0.5, 0.6) is 0 Å². The van der Waals surface area contributed by atoms with Gasteiger partial charge in [-0.1, -0.05) is 24.3 Å². The molecule has 0 radical (unpaired) electrons. The fourth-order valence-electron chi connectivity index (χ4n) is 3.16. The third kappa shape index (κ3) is 3.50. The Hall–Kier alpha value is -3.13. The van der Waals surface area contributed by atoms with Crippen LogP contribution in [-0.2, 0) is 11.2 Å². The number of benzene rings is 2. The smallest absolute Gasteiger partial charge is 0.224 e. The number of fused-ring (bicyclic) bond motifs is 1. The monoisotopic (exact) mass is 390 g/mol. The van der Waals surface area contributed by atoms with Gasteiger partial charge in [0, 0.05) is 24.1 Å². The summed E-state index contributed by atoms with van der Waals surface area (Å²) in [6, 6.07) is 16.1. The summed E-state index contributed by atoms with van der Waals surface area (Å²) in [5, 5.41) is 16.0. The average molecular weight is 390 g/mol. The highest BCUT2D eigenvalue weighted by Crippen LogP contribution is 2.36. The molecule has 0 bridgehead atoms. The molecule has 1 saturated carbocycles. The number of anilines is 1. The Morgan fingerprint density at radius 3 is 2.93 bits per heavy atom. The average Bonchev–Trinajstić information content (AvgIpc) is 3.28. The minimum atomic E-state index is -0.0295. The molecule has 1 fully saturated rings. The van der Waals surface area contributed by atoms with Crippen LogP contribution in [0.2, 0.25) is 0 Å². The topological polar surface area (TPSA) is 85.6 Å². The van der Waals surface area contributed by atoms with Crippen LogP contribution in [0.4, 0.5) is 5.69 Å². The van der Waals surface area contributed by atoms with Gasteiger partial charge < -0.3 is 5.32 Å². The van der Waals surface area contributed by atoms with Crippen molar-refractivity contribution in [3.8, 4) is 11.4 Å². The molecule has 2 heterocycles. The van der Waals surface area contributed by atoms with Gasteiger partial charge in [-0.2, -0.15) is 0 Å². The van der Waals surface area contributed by atoms with E-state index < -0.39 is 0 Å². The first-order chi connectivity index (χ1) is 13.8. The lowest BCUT2D eigenvalue weighted by Gasteiger charge is -2.07. The third-order valence-corrected chi connectivity index (χ3v) is 5.79. The maximum absolute atomic E-state index is 12.4. The first-order valence-corrected chi connectivity index (χ1v) is 10.1. The van der Waals surface area contributed by atoms with E-state index >= 15 is 0 Å². The molecule has 7 nitrogen and oxygen atoms in total. The van der Waals surface area contributed by atoms with E-state index in [1.807, 2.05) is 47.1 Å². The van der Waals surface area contributed by atoms with Gasteiger partial charge in [-0.15, -0.1) is 16.4 Å². The highest BCUT2D eigenvalue weighted by Gasteiger charge is 2.28. The molecule has 0 aliphatic heterocycles. The van der Waals surface area contributed by atoms with E-state index in [1.54, 1.807) is 11.3 Å². The number of thiazole rings is 1. The molecule has 0 saturated heterocycles. The number of carbonyl (C=O) groups is 1. The molecule has 140 valence electrons. The highest BCUT2D eigenvalue weighted by molar-refractivity contribution is 7.18. The number of nitrogens with zero attached hydrogens (tertiary/aromatic N) is 5. The lowest BCUT2D eigenvalue weighted by molar-refractivity contribution is -0.116. The predicted octanol–water partition coefficient (Wildman–Crippen LogP) is 3.86. The van der Waals surface area contributed by atoms with Crippen LogP contribution in [0, 0.1) is 0 Å². The normalized spacial score (nSPS) is 13.7. The van der Waals surface area contributed by atoms with E-state index in [-0.39, 0.29) is 5.91 Å². The van der Waals surface area contributed by atoms with Crippen molar-refractivity contribution in [1.29, 1.82) is 0 Å².